The predicted octanol–water partition coefficient (Wildman–Crippen LogP) is 10.6. The molecule has 45 heavy (non-hydrogen) atoms. The van der Waals surface area contributed by atoms with Gasteiger partial charge in [0.2, 0.25) is 0 Å². The summed E-state index contributed by atoms with van der Waals surface area (Å²) in [5, 5.41) is 5.51. The molecule has 0 spiro atoms. The lowest BCUT2D eigenvalue weighted by Crippen LogP contribution is -2.06. The van der Waals surface area contributed by atoms with Crippen LogP contribution in [-0.2, 0) is 0 Å². The fourth-order valence-corrected chi connectivity index (χ4v) is 8.71. The quantitative estimate of drug-likeness (QED) is 0.203. The summed E-state index contributed by atoms with van der Waals surface area (Å²) >= 11 is 1.99. The summed E-state index contributed by atoms with van der Waals surface area (Å²) in [7, 11) is 0. The molecule has 5 aromatic carbocycles. The number of hydrogen-bond donors (Lipinski definition) is 0. The van der Waals surface area contributed by atoms with Crippen LogP contribution >= 0.6 is 11.8 Å². The zero-order valence-corrected chi connectivity index (χ0v) is 25.2. The van der Waals surface area contributed by atoms with Crippen molar-refractivity contribution >= 4 is 66.5 Å². The molecule has 0 saturated heterocycles. The Morgan fingerprint density at radius 1 is 0.578 bits per heavy atom. The van der Waals surface area contributed by atoms with Crippen LogP contribution in [0.4, 0.5) is 0 Å². The summed E-state index contributed by atoms with van der Waals surface area (Å²) in [6, 6.07) is 48.1. The van der Waals surface area contributed by atoms with E-state index >= 15 is 0 Å². The van der Waals surface area contributed by atoms with Crippen LogP contribution in [0.3, 0.4) is 0 Å². The molecule has 1 unspecified atom stereocenters. The van der Waals surface area contributed by atoms with Gasteiger partial charge in [-0.15, -0.1) is 11.8 Å². The number of para-hydroxylation sites is 4. The second kappa shape index (κ2) is 9.59. The van der Waals surface area contributed by atoms with E-state index < -0.39 is 0 Å². The first-order chi connectivity index (χ1) is 22.3. The van der Waals surface area contributed by atoms with E-state index in [1.165, 1.54) is 70.9 Å². The Kier molecular flexibility index (Phi) is 5.34. The molecule has 0 saturated carbocycles. The maximum atomic E-state index is 5.28. The molecule has 0 amide bonds. The molecule has 1 aliphatic heterocycles. The molecule has 2 aliphatic rings. The van der Waals surface area contributed by atoms with E-state index in [4.69, 9.17) is 4.98 Å². The minimum Gasteiger partial charge on any atom is -0.309 e. The lowest BCUT2D eigenvalue weighted by atomic mass is 9.92. The van der Waals surface area contributed by atoms with Gasteiger partial charge >= 0.3 is 0 Å². The molecule has 0 fully saturated rings. The van der Waals surface area contributed by atoms with Gasteiger partial charge in [-0.1, -0.05) is 84.9 Å². The smallest absolute Gasteiger partial charge is 0.138 e. The van der Waals surface area contributed by atoms with E-state index in [2.05, 4.69) is 155 Å². The Labute approximate surface area is 264 Å². The highest BCUT2D eigenvalue weighted by Crippen LogP contribution is 2.50. The second-order valence-corrected chi connectivity index (χ2v) is 13.1. The van der Waals surface area contributed by atoms with E-state index in [1.807, 2.05) is 11.8 Å². The average Bonchev–Trinajstić information content (AvgIpc) is 3.75. The third-order valence-corrected chi connectivity index (χ3v) is 10.8. The third-order valence-electron chi connectivity index (χ3n) is 9.43. The van der Waals surface area contributed by atoms with E-state index in [0.717, 1.165) is 17.9 Å². The molecule has 4 heteroatoms. The van der Waals surface area contributed by atoms with Gasteiger partial charge in [0.1, 0.15) is 5.82 Å². The number of fused-ring (bicyclic) bond motifs is 9. The number of benzene rings is 5. The Bertz CT molecular complexity index is 2460. The summed E-state index contributed by atoms with van der Waals surface area (Å²) in [5.74, 6) is 0.946. The van der Waals surface area contributed by atoms with Gasteiger partial charge in [-0.05, 0) is 83.8 Å². The van der Waals surface area contributed by atoms with E-state index in [-0.39, 0.29) is 0 Å². The molecule has 1 aliphatic carbocycles. The molecule has 3 nitrogen and oxygen atoms in total. The monoisotopic (exact) mass is 593 g/mol. The van der Waals surface area contributed by atoms with Gasteiger partial charge in [-0.3, -0.25) is 4.57 Å². The lowest BCUT2D eigenvalue weighted by molar-refractivity contribution is 1.06. The van der Waals surface area contributed by atoms with Crippen LogP contribution in [0.2, 0.25) is 0 Å². The topological polar surface area (TPSA) is 22.8 Å². The molecule has 0 N–H and O–H groups in total. The van der Waals surface area contributed by atoms with Crippen LogP contribution in [0.15, 0.2) is 151 Å². The van der Waals surface area contributed by atoms with Crippen molar-refractivity contribution in [1.29, 1.82) is 0 Å². The predicted molar refractivity (Wildman–Crippen MR) is 190 cm³/mol. The summed E-state index contributed by atoms with van der Waals surface area (Å²) in [5.41, 5.74) is 11.0. The van der Waals surface area contributed by atoms with Gasteiger partial charge in [0.15, 0.2) is 0 Å². The van der Waals surface area contributed by atoms with Crippen molar-refractivity contribution in [1.82, 2.24) is 14.1 Å². The molecule has 0 bridgehead atoms. The number of pyridine rings is 1. The summed E-state index contributed by atoms with van der Waals surface area (Å²) in [6.45, 7) is 0. The first-order valence-corrected chi connectivity index (χ1v) is 16.4. The molecular formula is C41H27N3S. The van der Waals surface area contributed by atoms with Crippen molar-refractivity contribution in [2.45, 2.75) is 16.6 Å². The van der Waals surface area contributed by atoms with Crippen LogP contribution < -0.4 is 0 Å². The van der Waals surface area contributed by atoms with Gasteiger partial charge in [-0.25, -0.2) is 4.98 Å². The minimum atomic E-state index is 0.428. The molecule has 1 atom stereocenters. The Balaban J connectivity index is 1.09. The zero-order valence-electron chi connectivity index (χ0n) is 24.4. The molecular weight excluding hydrogens is 567 g/mol. The molecule has 10 rings (SSSR count). The Morgan fingerprint density at radius 3 is 1.78 bits per heavy atom. The van der Waals surface area contributed by atoms with Gasteiger partial charge in [0, 0.05) is 37.4 Å². The largest absolute Gasteiger partial charge is 0.309 e. The minimum absolute atomic E-state index is 0.428. The maximum absolute atomic E-state index is 5.28. The molecule has 212 valence electrons. The van der Waals surface area contributed by atoms with Crippen LogP contribution in [-0.4, -0.2) is 19.4 Å². The fraction of sp³-hybridized carbons (Fsp3) is 0.0488. The fourth-order valence-electron chi connectivity index (χ4n) is 7.44. The Hall–Kier alpha value is -5.32. The first kappa shape index (κ1) is 25.1. The van der Waals surface area contributed by atoms with Gasteiger partial charge < -0.3 is 4.57 Å². The zero-order chi connectivity index (χ0) is 29.5. The number of hydrogen-bond acceptors (Lipinski definition) is 2. The van der Waals surface area contributed by atoms with Crippen molar-refractivity contribution in [3.63, 3.8) is 0 Å². The van der Waals surface area contributed by atoms with Crippen LogP contribution in [0.25, 0.3) is 66.3 Å². The maximum Gasteiger partial charge on any atom is 0.138 e. The highest BCUT2D eigenvalue weighted by Gasteiger charge is 2.30. The molecule has 8 aromatic rings. The number of aromatic nitrogens is 3. The van der Waals surface area contributed by atoms with Gasteiger partial charge in [-0.2, -0.15) is 0 Å². The third kappa shape index (κ3) is 3.69. The number of allylic oxidation sites excluding steroid dienone is 3. The summed E-state index contributed by atoms with van der Waals surface area (Å²) in [6.07, 6.45) is 5.76. The van der Waals surface area contributed by atoms with Gasteiger partial charge in [0.25, 0.3) is 0 Å². The Morgan fingerprint density at radius 2 is 1.16 bits per heavy atom. The van der Waals surface area contributed by atoms with Crippen LogP contribution in [0.5, 0.6) is 0 Å². The summed E-state index contributed by atoms with van der Waals surface area (Å²) in [4.78, 5) is 6.63. The average molecular weight is 594 g/mol. The molecule has 0 radical (unpaired) electrons. The van der Waals surface area contributed by atoms with Crippen molar-refractivity contribution in [3.05, 3.63) is 157 Å². The van der Waals surface area contributed by atoms with Gasteiger partial charge in [0.05, 0.1) is 27.8 Å². The molecule has 4 heterocycles. The normalized spacial score (nSPS) is 15.9. The van der Waals surface area contributed by atoms with Crippen LogP contribution in [0, 0.1) is 0 Å². The van der Waals surface area contributed by atoms with Crippen molar-refractivity contribution in [2.75, 3.05) is 0 Å². The SMILES string of the molecule is C1=C(c2cccc(-n3c4ccccc4c4ccccc43)n2)C=C2c3cc(-n4c5ccccc5c5ccccc54)ccc3SC2C1. The number of thioether (sulfide) groups is 1. The highest BCUT2D eigenvalue weighted by molar-refractivity contribution is 8.00. The van der Waals surface area contributed by atoms with E-state index in [0.29, 0.717) is 5.25 Å². The van der Waals surface area contributed by atoms with Crippen molar-refractivity contribution in [3.8, 4) is 11.5 Å². The van der Waals surface area contributed by atoms with Crippen molar-refractivity contribution < 1.29 is 0 Å². The highest BCUT2D eigenvalue weighted by atomic mass is 32.2. The first-order valence-electron chi connectivity index (χ1n) is 15.5. The van der Waals surface area contributed by atoms with Crippen LogP contribution in [0.1, 0.15) is 17.7 Å². The van der Waals surface area contributed by atoms with E-state index in [9.17, 15) is 0 Å². The summed E-state index contributed by atoms with van der Waals surface area (Å²) < 4.78 is 4.71. The van der Waals surface area contributed by atoms with Crippen molar-refractivity contribution in [2.24, 2.45) is 0 Å². The molecule has 3 aromatic heterocycles. The van der Waals surface area contributed by atoms with E-state index in [1.54, 1.807) is 0 Å². The number of rotatable bonds is 3. The standard InChI is InChI=1S/C41H27N3S/c1-5-15-35-28(10-1)29-11-2-6-16-36(29)43(35)27-21-23-40-33(25-27)32-24-26(20-22-39(32)45-40)34-14-9-19-41(42-34)44-37-17-7-3-12-30(37)31-13-4-8-18-38(31)44/h1-21,23-25,39H,22H2. The number of nitrogens with zero attached hydrogens (tertiary/aromatic N) is 3. The second-order valence-electron chi connectivity index (χ2n) is 11.9. The lowest BCUT2D eigenvalue weighted by Gasteiger charge is -2.18.